The number of nitrogens with zero attached hydrogens (tertiary/aromatic N) is 2. The SMILES string of the molecule is CC(Cn1cccn1)NC(=O)C1C=CC(N)C1. The predicted octanol–water partition coefficient (Wildman–Crippen LogP) is 0.291. The maximum atomic E-state index is 11.9. The van der Waals surface area contributed by atoms with Gasteiger partial charge in [0, 0.05) is 24.5 Å². The summed E-state index contributed by atoms with van der Waals surface area (Å²) in [6.07, 6.45) is 8.10. The molecule has 0 aromatic carbocycles. The summed E-state index contributed by atoms with van der Waals surface area (Å²) in [5.74, 6) is -0.0288. The van der Waals surface area contributed by atoms with Gasteiger partial charge in [-0.15, -0.1) is 0 Å². The fraction of sp³-hybridized carbons (Fsp3) is 0.500. The van der Waals surface area contributed by atoms with E-state index in [4.69, 9.17) is 5.73 Å². The maximum Gasteiger partial charge on any atom is 0.227 e. The summed E-state index contributed by atoms with van der Waals surface area (Å²) >= 11 is 0. The minimum Gasteiger partial charge on any atom is -0.351 e. The predicted molar refractivity (Wildman–Crippen MR) is 65.1 cm³/mol. The molecule has 1 aliphatic rings. The molecule has 0 spiro atoms. The lowest BCUT2D eigenvalue weighted by Gasteiger charge is -2.16. The third kappa shape index (κ3) is 3.17. The van der Waals surface area contributed by atoms with Crippen molar-refractivity contribution in [1.82, 2.24) is 15.1 Å². The Bertz CT molecular complexity index is 399. The summed E-state index contributed by atoms with van der Waals surface area (Å²) in [7, 11) is 0. The third-order valence-corrected chi connectivity index (χ3v) is 2.86. The molecule has 2 rings (SSSR count). The van der Waals surface area contributed by atoms with Crippen LogP contribution in [0.3, 0.4) is 0 Å². The Labute approximate surface area is 101 Å². The average Bonchev–Trinajstić information content (AvgIpc) is 2.89. The van der Waals surface area contributed by atoms with Crippen molar-refractivity contribution in [3.63, 3.8) is 0 Å². The fourth-order valence-electron chi connectivity index (χ4n) is 2.01. The lowest BCUT2D eigenvalue weighted by molar-refractivity contribution is -0.124. The van der Waals surface area contributed by atoms with Crippen molar-refractivity contribution in [1.29, 1.82) is 0 Å². The van der Waals surface area contributed by atoms with E-state index in [0.29, 0.717) is 13.0 Å². The first-order valence-corrected chi connectivity index (χ1v) is 5.87. The van der Waals surface area contributed by atoms with Gasteiger partial charge in [0.1, 0.15) is 0 Å². The van der Waals surface area contributed by atoms with Crippen LogP contribution in [0.5, 0.6) is 0 Å². The molecule has 0 fully saturated rings. The van der Waals surface area contributed by atoms with E-state index in [1.807, 2.05) is 31.3 Å². The van der Waals surface area contributed by atoms with Crippen LogP contribution in [0.1, 0.15) is 13.3 Å². The van der Waals surface area contributed by atoms with Gasteiger partial charge in [0.25, 0.3) is 0 Å². The van der Waals surface area contributed by atoms with Crippen LogP contribution in [0.2, 0.25) is 0 Å². The Morgan fingerprint density at radius 2 is 2.47 bits per heavy atom. The number of nitrogens with one attached hydrogen (secondary N) is 1. The van der Waals surface area contributed by atoms with E-state index >= 15 is 0 Å². The quantitative estimate of drug-likeness (QED) is 0.735. The summed E-state index contributed by atoms with van der Waals surface area (Å²) in [6, 6.07) is 1.95. The van der Waals surface area contributed by atoms with E-state index in [1.165, 1.54) is 0 Å². The van der Waals surface area contributed by atoms with Gasteiger partial charge in [-0.25, -0.2) is 0 Å². The van der Waals surface area contributed by atoms with Gasteiger partial charge in [-0.1, -0.05) is 12.2 Å². The highest BCUT2D eigenvalue weighted by Crippen LogP contribution is 2.16. The molecule has 1 aromatic rings. The Hall–Kier alpha value is -1.62. The van der Waals surface area contributed by atoms with Gasteiger partial charge in [-0.3, -0.25) is 9.48 Å². The standard InChI is InChI=1S/C12H18N4O/c1-9(8-16-6-2-5-14-16)15-12(17)10-3-4-11(13)7-10/h2-6,9-11H,7-8,13H2,1H3,(H,15,17). The Balaban J connectivity index is 1.80. The maximum absolute atomic E-state index is 11.9. The number of nitrogens with two attached hydrogens (primary N) is 1. The molecule has 17 heavy (non-hydrogen) atoms. The number of carbonyl (C=O) groups excluding carboxylic acids is 1. The molecule has 0 saturated carbocycles. The van der Waals surface area contributed by atoms with Crippen molar-refractivity contribution in [2.75, 3.05) is 0 Å². The second kappa shape index (κ2) is 5.14. The first kappa shape index (κ1) is 11.9. The molecular formula is C12H18N4O. The van der Waals surface area contributed by atoms with Crippen molar-refractivity contribution < 1.29 is 4.79 Å². The van der Waals surface area contributed by atoms with Gasteiger partial charge < -0.3 is 11.1 Å². The van der Waals surface area contributed by atoms with Crippen molar-refractivity contribution >= 4 is 5.91 Å². The number of hydrogen-bond acceptors (Lipinski definition) is 3. The van der Waals surface area contributed by atoms with Crippen LogP contribution in [-0.2, 0) is 11.3 Å². The van der Waals surface area contributed by atoms with Gasteiger partial charge in [0.05, 0.1) is 12.5 Å². The molecule has 0 radical (unpaired) electrons. The van der Waals surface area contributed by atoms with E-state index in [1.54, 1.807) is 10.9 Å². The fourth-order valence-corrected chi connectivity index (χ4v) is 2.01. The highest BCUT2D eigenvalue weighted by atomic mass is 16.1. The molecular weight excluding hydrogens is 216 g/mol. The number of carbonyl (C=O) groups is 1. The average molecular weight is 234 g/mol. The molecule has 5 nitrogen and oxygen atoms in total. The zero-order valence-electron chi connectivity index (χ0n) is 9.91. The minimum atomic E-state index is -0.0786. The first-order valence-electron chi connectivity index (χ1n) is 5.87. The van der Waals surface area contributed by atoms with Gasteiger partial charge in [-0.2, -0.15) is 5.10 Å². The lowest BCUT2D eigenvalue weighted by Crippen LogP contribution is -2.39. The van der Waals surface area contributed by atoms with Crippen LogP contribution >= 0.6 is 0 Å². The minimum absolute atomic E-state index is 0.0205. The largest absolute Gasteiger partial charge is 0.351 e. The highest BCUT2D eigenvalue weighted by molar-refractivity contribution is 5.81. The molecule has 1 heterocycles. The smallest absolute Gasteiger partial charge is 0.227 e. The lowest BCUT2D eigenvalue weighted by atomic mass is 10.1. The van der Waals surface area contributed by atoms with E-state index in [9.17, 15) is 4.79 Å². The number of amides is 1. The molecule has 1 aliphatic carbocycles. The summed E-state index contributed by atoms with van der Waals surface area (Å²) < 4.78 is 1.81. The van der Waals surface area contributed by atoms with Gasteiger partial charge >= 0.3 is 0 Å². The van der Waals surface area contributed by atoms with E-state index in [2.05, 4.69) is 10.4 Å². The summed E-state index contributed by atoms with van der Waals surface area (Å²) in [6.45, 7) is 2.65. The van der Waals surface area contributed by atoms with Gasteiger partial charge in [0.2, 0.25) is 5.91 Å². The normalized spacial score (nSPS) is 24.8. The van der Waals surface area contributed by atoms with E-state index in [0.717, 1.165) is 0 Å². The molecule has 3 unspecified atom stereocenters. The Morgan fingerprint density at radius 1 is 1.65 bits per heavy atom. The highest BCUT2D eigenvalue weighted by Gasteiger charge is 2.23. The number of rotatable bonds is 4. The number of hydrogen-bond donors (Lipinski definition) is 2. The van der Waals surface area contributed by atoms with Crippen molar-refractivity contribution in [2.45, 2.75) is 32.0 Å². The molecule has 0 saturated heterocycles. The summed E-state index contributed by atoms with van der Waals surface area (Å²) in [4.78, 5) is 11.9. The third-order valence-electron chi connectivity index (χ3n) is 2.86. The topological polar surface area (TPSA) is 72.9 Å². The van der Waals surface area contributed by atoms with Crippen LogP contribution in [-0.4, -0.2) is 27.8 Å². The second-order valence-electron chi connectivity index (χ2n) is 4.53. The van der Waals surface area contributed by atoms with Crippen molar-refractivity contribution in [3.8, 4) is 0 Å². The Morgan fingerprint density at radius 3 is 3.06 bits per heavy atom. The Kier molecular flexibility index (Phi) is 3.58. The molecule has 3 N–H and O–H groups in total. The summed E-state index contributed by atoms with van der Waals surface area (Å²) in [5.41, 5.74) is 5.72. The molecule has 5 heteroatoms. The van der Waals surface area contributed by atoms with Gasteiger partial charge in [0.15, 0.2) is 0 Å². The molecule has 1 aromatic heterocycles. The van der Waals surface area contributed by atoms with E-state index < -0.39 is 0 Å². The molecule has 0 bridgehead atoms. The number of aromatic nitrogens is 2. The van der Waals surface area contributed by atoms with Crippen LogP contribution in [0.15, 0.2) is 30.6 Å². The zero-order valence-corrected chi connectivity index (χ0v) is 9.91. The van der Waals surface area contributed by atoms with Crippen LogP contribution < -0.4 is 11.1 Å². The van der Waals surface area contributed by atoms with Crippen LogP contribution in [0.4, 0.5) is 0 Å². The van der Waals surface area contributed by atoms with Crippen molar-refractivity contribution in [2.24, 2.45) is 11.7 Å². The summed E-state index contributed by atoms with van der Waals surface area (Å²) in [5, 5.41) is 7.08. The monoisotopic (exact) mass is 234 g/mol. The van der Waals surface area contributed by atoms with Crippen LogP contribution in [0, 0.1) is 5.92 Å². The zero-order chi connectivity index (χ0) is 12.3. The van der Waals surface area contributed by atoms with E-state index in [-0.39, 0.29) is 23.9 Å². The van der Waals surface area contributed by atoms with Gasteiger partial charge in [-0.05, 0) is 19.4 Å². The van der Waals surface area contributed by atoms with Crippen LogP contribution in [0.25, 0.3) is 0 Å². The van der Waals surface area contributed by atoms with Crippen molar-refractivity contribution in [3.05, 3.63) is 30.6 Å². The molecule has 92 valence electrons. The first-order chi connectivity index (χ1) is 8.15. The molecule has 1 amide bonds. The molecule has 3 atom stereocenters. The molecule has 0 aliphatic heterocycles. The second-order valence-corrected chi connectivity index (χ2v) is 4.53.